The number of rotatable bonds is 1. The molecule has 4 atom stereocenters. The zero-order valence-electron chi connectivity index (χ0n) is 14.2. The first kappa shape index (κ1) is 15.2. The molecule has 0 bridgehead atoms. The van der Waals surface area contributed by atoms with Crippen LogP contribution >= 0.6 is 0 Å². The number of carbonyl (C=O) groups is 1. The Hall–Kier alpha value is -1.33. The van der Waals surface area contributed by atoms with Crippen LogP contribution in [0.5, 0.6) is 11.5 Å². The number of hydrogen-bond acceptors (Lipinski definition) is 4. The monoisotopic (exact) mass is 332 g/mol. The molecule has 0 N–H and O–H groups in total. The molecule has 1 saturated heterocycles. The van der Waals surface area contributed by atoms with Crippen LogP contribution in [0.3, 0.4) is 0 Å². The number of ketones is 1. The maximum atomic E-state index is 12.8. The Balaban J connectivity index is 1.85. The van der Waals surface area contributed by atoms with E-state index in [-0.39, 0.29) is 17.9 Å². The van der Waals surface area contributed by atoms with Crippen LogP contribution in [0.1, 0.15) is 18.9 Å². The van der Waals surface area contributed by atoms with E-state index in [1.54, 1.807) is 7.11 Å². The van der Waals surface area contributed by atoms with E-state index in [9.17, 15) is 4.79 Å². The molecule has 5 heteroatoms. The lowest BCUT2D eigenvalue weighted by atomic mass is 9.66. The fraction of sp³-hybridized carbons (Fsp3) is 0.611. The van der Waals surface area contributed by atoms with Crippen molar-refractivity contribution in [3.05, 3.63) is 23.8 Å². The summed E-state index contributed by atoms with van der Waals surface area (Å²) >= 11 is 0. The van der Waals surface area contributed by atoms with Gasteiger partial charge in [-0.3, -0.25) is 4.79 Å². The summed E-state index contributed by atoms with van der Waals surface area (Å²) in [6.07, 6.45) is 1.33. The number of Topliss-reactive ketones (excluding diaryl/α,β-unsaturated/α-hetero) is 1. The predicted octanol–water partition coefficient (Wildman–Crippen LogP) is 3.20. The molecule has 0 radical (unpaired) electrons. The first-order chi connectivity index (χ1) is 10.9. The third-order valence-corrected chi connectivity index (χ3v) is 7.96. The molecule has 1 saturated carbocycles. The molecule has 0 unspecified atom stereocenters. The van der Waals surface area contributed by atoms with Gasteiger partial charge in [0.1, 0.15) is 22.9 Å². The summed E-state index contributed by atoms with van der Waals surface area (Å²) in [4.78, 5) is 12.8. The highest BCUT2D eigenvalue weighted by atomic mass is 28.4. The third kappa shape index (κ3) is 2.09. The average molecular weight is 332 g/mol. The molecule has 1 spiro atoms. The molecule has 3 aliphatic rings. The van der Waals surface area contributed by atoms with Crippen molar-refractivity contribution in [1.29, 1.82) is 0 Å². The van der Waals surface area contributed by atoms with E-state index in [0.29, 0.717) is 18.6 Å². The van der Waals surface area contributed by atoms with E-state index in [1.165, 1.54) is 0 Å². The lowest BCUT2D eigenvalue weighted by Gasteiger charge is -2.49. The fourth-order valence-corrected chi connectivity index (χ4v) is 7.96. The van der Waals surface area contributed by atoms with E-state index in [0.717, 1.165) is 23.1 Å². The largest absolute Gasteiger partial charge is 0.496 e. The van der Waals surface area contributed by atoms with E-state index in [2.05, 4.69) is 20.0 Å². The Morgan fingerprint density at radius 3 is 2.83 bits per heavy atom. The van der Waals surface area contributed by atoms with Crippen LogP contribution in [0.4, 0.5) is 0 Å². The number of ether oxygens (including phenoxy) is 2. The standard InChI is InChI=1S/C18H24O4Si/c1-11-8-14(19)13-9-12-15(20-2)6-5-7-16(12)21-18(13)10-23(3,4)22-17(11)18/h5-7,11,13,17H,8-10H2,1-4H3/t11-,13-,17+,18+/m1/s1. The van der Waals surface area contributed by atoms with Crippen molar-refractivity contribution >= 4 is 14.1 Å². The maximum absolute atomic E-state index is 12.8. The average Bonchev–Trinajstić information content (AvgIpc) is 2.76. The highest BCUT2D eigenvalue weighted by molar-refractivity contribution is 6.72. The minimum Gasteiger partial charge on any atom is -0.496 e. The zero-order valence-corrected chi connectivity index (χ0v) is 15.2. The number of benzene rings is 1. The molecule has 2 aliphatic heterocycles. The summed E-state index contributed by atoms with van der Waals surface area (Å²) in [6, 6.07) is 6.78. The molecular weight excluding hydrogens is 308 g/mol. The van der Waals surface area contributed by atoms with E-state index in [4.69, 9.17) is 13.9 Å². The smallest absolute Gasteiger partial charge is 0.191 e. The van der Waals surface area contributed by atoms with E-state index in [1.807, 2.05) is 18.2 Å². The van der Waals surface area contributed by atoms with Crippen molar-refractivity contribution < 1.29 is 18.7 Å². The Morgan fingerprint density at radius 1 is 1.30 bits per heavy atom. The van der Waals surface area contributed by atoms with Gasteiger partial charge in [0.05, 0.1) is 19.1 Å². The van der Waals surface area contributed by atoms with Crippen molar-refractivity contribution in [2.75, 3.05) is 7.11 Å². The SMILES string of the molecule is COc1cccc2c1C[C@@H]1C(=O)C[C@@H](C)[C@@H]3O[Si](C)(C)C[C@]13O2. The van der Waals surface area contributed by atoms with Crippen LogP contribution in [0, 0.1) is 11.8 Å². The van der Waals surface area contributed by atoms with Gasteiger partial charge in [0, 0.05) is 18.0 Å². The van der Waals surface area contributed by atoms with Gasteiger partial charge in [-0.15, -0.1) is 0 Å². The number of carbonyl (C=O) groups excluding carboxylic acids is 1. The first-order valence-electron chi connectivity index (χ1n) is 8.42. The normalized spacial score (nSPS) is 37.4. The minimum atomic E-state index is -1.81. The van der Waals surface area contributed by atoms with Crippen molar-refractivity contribution in [2.45, 2.75) is 50.6 Å². The zero-order chi connectivity index (χ0) is 16.4. The van der Waals surface area contributed by atoms with Gasteiger partial charge in [0.2, 0.25) is 0 Å². The minimum absolute atomic E-state index is 0.0335. The van der Waals surface area contributed by atoms with Crippen LogP contribution < -0.4 is 9.47 Å². The van der Waals surface area contributed by atoms with Gasteiger partial charge in [-0.05, 0) is 37.6 Å². The summed E-state index contributed by atoms with van der Waals surface area (Å²) in [5.74, 6) is 2.11. The topological polar surface area (TPSA) is 44.8 Å². The second kappa shape index (κ2) is 4.83. The second-order valence-electron chi connectivity index (χ2n) is 7.87. The molecule has 4 rings (SSSR count). The summed E-state index contributed by atoms with van der Waals surface area (Å²) in [5.41, 5.74) is 0.558. The van der Waals surface area contributed by atoms with Gasteiger partial charge >= 0.3 is 0 Å². The van der Waals surface area contributed by atoms with Gasteiger partial charge in [-0.1, -0.05) is 13.0 Å². The lowest BCUT2D eigenvalue weighted by Crippen LogP contribution is -2.61. The molecule has 0 aromatic heterocycles. The highest BCUT2D eigenvalue weighted by Gasteiger charge is 2.65. The number of hydrogen-bond donors (Lipinski definition) is 0. The molecule has 2 fully saturated rings. The Kier molecular flexibility index (Phi) is 3.20. The molecule has 23 heavy (non-hydrogen) atoms. The molecule has 1 aliphatic carbocycles. The van der Waals surface area contributed by atoms with Gasteiger partial charge in [-0.2, -0.15) is 0 Å². The predicted molar refractivity (Wildman–Crippen MR) is 89.5 cm³/mol. The van der Waals surface area contributed by atoms with Crippen LogP contribution in [0.15, 0.2) is 18.2 Å². The maximum Gasteiger partial charge on any atom is 0.191 e. The van der Waals surface area contributed by atoms with Crippen molar-refractivity contribution in [3.8, 4) is 11.5 Å². The van der Waals surface area contributed by atoms with E-state index >= 15 is 0 Å². The summed E-state index contributed by atoms with van der Waals surface area (Å²) in [5, 5.41) is 0. The molecule has 124 valence electrons. The van der Waals surface area contributed by atoms with Crippen molar-refractivity contribution in [1.82, 2.24) is 0 Å². The van der Waals surface area contributed by atoms with Gasteiger partial charge in [0.15, 0.2) is 8.32 Å². The van der Waals surface area contributed by atoms with E-state index < -0.39 is 13.9 Å². The van der Waals surface area contributed by atoms with Crippen molar-refractivity contribution in [3.63, 3.8) is 0 Å². The molecular formula is C18H24O4Si. The van der Waals surface area contributed by atoms with Gasteiger partial charge in [-0.25, -0.2) is 0 Å². The van der Waals surface area contributed by atoms with Gasteiger partial charge < -0.3 is 13.9 Å². The number of methoxy groups -OCH3 is 1. The summed E-state index contributed by atoms with van der Waals surface area (Å²) in [6.45, 7) is 6.60. The van der Waals surface area contributed by atoms with Crippen molar-refractivity contribution in [2.24, 2.45) is 11.8 Å². The Morgan fingerprint density at radius 2 is 2.09 bits per heavy atom. The number of fused-ring (bicyclic) bond motifs is 1. The Labute approximate surface area is 138 Å². The highest BCUT2D eigenvalue weighted by Crippen LogP contribution is 2.55. The molecule has 1 aromatic rings. The lowest BCUT2D eigenvalue weighted by molar-refractivity contribution is -0.150. The fourth-order valence-electron chi connectivity index (χ4n) is 4.90. The summed E-state index contributed by atoms with van der Waals surface area (Å²) < 4.78 is 18.5. The van der Waals surface area contributed by atoms with Crippen LogP contribution in [-0.4, -0.2) is 32.9 Å². The first-order valence-corrected chi connectivity index (χ1v) is 11.5. The molecule has 2 heterocycles. The second-order valence-corrected chi connectivity index (χ2v) is 12.0. The van der Waals surface area contributed by atoms with Gasteiger partial charge in [0.25, 0.3) is 0 Å². The summed E-state index contributed by atoms with van der Waals surface area (Å²) in [7, 11) is -0.140. The Bertz CT molecular complexity index is 671. The van der Waals surface area contributed by atoms with Crippen LogP contribution in [0.2, 0.25) is 19.1 Å². The quantitative estimate of drug-likeness (QED) is 0.741. The van der Waals surface area contributed by atoms with Crippen LogP contribution in [-0.2, 0) is 15.6 Å². The molecule has 1 aromatic carbocycles. The molecule has 4 nitrogen and oxygen atoms in total. The van der Waals surface area contributed by atoms with Crippen LogP contribution in [0.25, 0.3) is 0 Å². The molecule has 0 amide bonds. The third-order valence-electron chi connectivity index (χ3n) is 5.67.